The number of hydrogen-bond donors (Lipinski definition) is 0. The second-order valence-corrected chi connectivity index (χ2v) is 5.24. The lowest BCUT2D eigenvalue weighted by Crippen LogP contribution is -2.44. The van der Waals surface area contributed by atoms with Crippen molar-refractivity contribution in [3.8, 4) is 0 Å². The summed E-state index contributed by atoms with van der Waals surface area (Å²) in [4.78, 5) is 27.3. The van der Waals surface area contributed by atoms with Crippen LogP contribution in [0.25, 0.3) is 0 Å². The number of carbonyl (C=O) groups is 2. The van der Waals surface area contributed by atoms with E-state index in [0.29, 0.717) is 19.4 Å². The van der Waals surface area contributed by atoms with Gasteiger partial charge < -0.3 is 14.4 Å². The number of methoxy groups -OCH3 is 1. The molecule has 0 N–H and O–H groups in total. The highest BCUT2D eigenvalue weighted by Gasteiger charge is 2.23. The van der Waals surface area contributed by atoms with E-state index in [1.54, 1.807) is 0 Å². The van der Waals surface area contributed by atoms with Crippen molar-refractivity contribution in [3.05, 3.63) is 0 Å². The van der Waals surface area contributed by atoms with Gasteiger partial charge in [-0.15, -0.1) is 0 Å². The zero-order valence-corrected chi connectivity index (χ0v) is 13.5. The predicted molar refractivity (Wildman–Crippen MR) is 80.0 cm³/mol. The molecule has 0 bridgehead atoms. The van der Waals surface area contributed by atoms with Crippen molar-refractivity contribution in [1.82, 2.24) is 9.80 Å². The molecule has 6 heteroatoms. The topological polar surface area (TPSA) is 59.1 Å². The van der Waals surface area contributed by atoms with Crippen molar-refractivity contribution >= 4 is 11.9 Å². The molecule has 1 aliphatic heterocycles. The molecule has 1 atom stereocenters. The Balaban J connectivity index is 2.25. The highest BCUT2D eigenvalue weighted by atomic mass is 16.5. The Hall–Kier alpha value is -1.14. The molecule has 6 nitrogen and oxygen atoms in total. The number of morpholine rings is 1. The van der Waals surface area contributed by atoms with Gasteiger partial charge in [-0.25, -0.2) is 0 Å². The summed E-state index contributed by atoms with van der Waals surface area (Å²) in [6.45, 7) is 8.63. The molecular formula is C15H28N2O4. The fourth-order valence-electron chi connectivity index (χ4n) is 2.56. The van der Waals surface area contributed by atoms with E-state index in [0.717, 1.165) is 39.1 Å². The first-order valence-corrected chi connectivity index (χ1v) is 7.79. The van der Waals surface area contributed by atoms with E-state index in [2.05, 4.69) is 9.64 Å². The van der Waals surface area contributed by atoms with Crippen molar-refractivity contribution in [2.75, 3.05) is 46.4 Å². The Morgan fingerprint density at radius 2 is 2.05 bits per heavy atom. The molecule has 1 unspecified atom stereocenters. The molecule has 21 heavy (non-hydrogen) atoms. The molecule has 1 fully saturated rings. The summed E-state index contributed by atoms with van der Waals surface area (Å²) in [5.41, 5.74) is 0. The lowest BCUT2D eigenvalue weighted by atomic mass is 10.2. The third kappa shape index (κ3) is 6.44. The molecule has 0 aromatic rings. The summed E-state index contributed by atoms with van der Waals surface area (Å²) >= 11 is 0. The number of hydrogen-bond acceptors (Lipinski definition) is 5. The minimum absolute atomic E-state index is 0.0929. The fraction of sp³-hybridized carbons (Fsp3) is 0.867. The van der Waals surface area contributed by atoms with E-state index in [-0.39, 0.29) is 18.0 Å². The van der Waals surface area contributed by atoms with Crippen LogP contribution in [0.1, 0.15) is 33.1 Å². The van der Waals surface area contributed by atoms with Gasteiger partial charge in [0.05, 0.1) is 26.2 Å². The average molecular weight is 300 g/mol. The average Bonchev–Trinajstić information content (AvgIpc) is 2.48. The second kappa shape index (κ2) is 9.73. The van der Waals surface area contributed by atoms with E-state index in [1.807, 2.05) is 18.7 Å². The molecule has 0 saturated carbocycles. The Morgan fingerprint density at radius 1 is 1.33 bits per heavy atom. The van der Waals surface area contributed by atoms with Gasteiger partial charge in [-0.3, -0.25) is 14.5 Å². The fourth-order valence-corrected chi connectivity index (χ4v) is 2.56. The van der Waals surface area contributed by atoms with Gasteiger partial charge in [0.15, 0.2) is 0 Å². The lowest BCUT2D eigenvalue weighted by Gasteiger charge is -2.32. The highest BCUT2D eigenvalue weighted by Crippen LogP contribution is 2.10. The van der Waals surface area contributed by atoms with Crippen molar-refractivity contribution in [3.63, 3.8) is 0 Å². The van der Waals surface area contributed by atoms with Gasteiger partial charge in [-0.05, 0) is 26.8 Å². The van der Waals surface area contributed by atoms with Gasteiger partial charge in [0.25, 0.3) is 0 Å². The summed E-state index contributed by atoms with van der Waals surface area (Å²) in [6, 6.07) is 0. The number of nitrogens with zero attached hydrogens (tertiary/aromatic N) is 2. The Kier molecular flexibility index (Phi) is 8.30. The number of rotatable bonds is 8. The lowest BCUT2D eigenvalue weighted by molar-refractivity contribution is -0.145. The molecule has 0 aromatic heterocycles. The number of ether oxygens (including phenoxy) is 2. The van der Waals surface area contributed by atoms with Crippen LogP contribution in [-0.2, 0) is 19.1 Å². The van der Waals surface area contributed by atoms with E-state index in [4.69, 9.17) is 4.74 Å². The Labute approximate surface area is 127 Å². The van der Waals surface area contributed by atoms with Crippen LogP contribution in [-0.4, -0.2) is 74.2 Å². The first kappa shape index (κ1) is 17.9. The molecule has 0 aliphatic carbocycles. The maximum absolute atomic E-state index is 11.9. The summed E-state index contributed by atoms with van der Waals surface area (Å²) < 4.78 is 10.2. The first-order valence-electron chi connectivity index (χ1n) is 7.79. The molecule has 0 spiro atoms. The predicted octanol–water partition coefficient (Wildman–Crippen LogP) is 0.899. The number of carbonyl (C=O) groups excluding carboxylic acids is 2. The molecule has 0 aromatic carbocycles. The smallest absolute Gasteiger partial charge is 0.308 e. The first-order chi connectivity index (χ1) is 10.1. The minimum atomic E-state index is -0.237. The van der Waals surface area contributed by atoms with Gasteiger partial charge in [0, 0.05) is 32.6 Å². The SMILES string of the molecule is CCN(CC)C(=O)CCCN1CCOC(CC(=O)OC)C1. The third-order valence-electron chi connectivity index (χ3n) is 3.83. The van der Waals surface area contributed by atoms with Crippen LogP contribution in [0, 0.1) is 0 Å². The maximum atomic E-state index is 11.9. The minimum Gasteiger partial charge on any atom is -0.469 e. The Morgan fingerprint density at radius 3 is 2.67 bits per heavy atom. The van der Waals surface area contributed by atoms with Gasteiger partial charge in [-0.2, -0.15) is 0 Å². The molecular weight excluding hydrogens is 272 g/mol. The quantitative estimate of drug-likeness (QED) is 0.623. The van der Waals surface area contributed by atoms with Crippen molar-refractivity contribution in [1.29, 1.82) is 0 Å². The third-order valence-corrected chi connectivity index (χ3v) is 3.83. The van der Waals surface area contributed by atoms with Crippen LogP contribution in [0.5, 0.6) is 0 Å². The summed E-state index contributed by atoms with van der Waals surface area (Å²) in [7, 11) is 1.39. The largest absolute Gasteiger partial charge is 0.469 e. The van der Waals surface area contributed by atoms with Crippen molar-refractivity contribution in [2.45, 2.75) is 39.2 Å². The van der Waals surface area contributed by atoms with E-state index in [9.17, 15) is 9.59 Å². The van der Waals surface area contributed by atoms with Crippen molar-refractivity contribution in [2.24, 2.45) is 0 Å². The van der Waals surface area contributed by atoms with Crippen LogP contribution >= 0.6 is 0 Å². The van der Waals surface area contributed by atoms with E-state index < -0.39 is 0 Å². The second-order valence-electron chi connectivity index (χ2n) is 5.24. The summed E-state index contributed by atoms with van der Waals surface area (Å²) in [5.74, 6) is -0.0158. The van der Waals surface area contributed by atoms with Crippen molar-refractivity contribution < 1.29 is 19.1 Å². The maximum Gasteiger partial charge on any atom is 0.308 e. The molecule has 1 aliphatic rings. The standard InChI is InChI=1S/C15H28N2O4/c1-4-17(5-2)14(18)7-6-8-16-9-10-21-13(12-16)11-15(19)20-3/h13H,4-12H2,1-3H3. The molecule has 1 heterocycles. The van der Waals surface area contributed by atoms with E-state index in [1.165, 1.54) is 7.11 Å². The zero-order valence-electron chi connectivity index (χ0n) is 13.5. The normalized spacial score (nSPS) is 19.3. The van der Waals surface area contributed by atoms with Crippen LogP contribution in [0.3, 0.4) is 0 Å². The molecule has 122 valence electrons. The molecule has 1 amide bonds. The Bertz CT molecular complexity index is 332. The van der Waals surface area contributed by atoms with Gasteiger partial charge >= 0.3 is 5.97 Å². The zero-order chi connectivity index (χ0) is 15.7. The highest BCUT2D eigenvalue weighted by molar-refractivity contribution is 5.76. The monoisotopic (exact) mass is 300 g/mol. The van der Waals surface area contributed by atoms with Gasteiger partial charge in [0.1, 0.15) is 0 Å². The van der Waals surface area contributed by atoms with Crippen LogP contribution in [0.15, 0.2) is 0 Å². The van der Waals surface area contributed by atoms with Crippen LogP contribution < -0.4 is 0 Å². The summed E-state index contributed by atoms with van der Waals surface area (Å²) in [5, 5.41) is 0. The molecule has 0 radical (unpaired) electrons. The van der Waals surface area contributed by atoms with Gasteiger partial charge in [0.2, 0.25) is 5.91 Å². The molecule has 1 rings (SSSR count). The molecule has 1 saturated heterocycles. The van der Waals surface area contributed by atoms with E-state index >= 15 is 0 Å². The van der Waals surface area contributed by atoms with Gasteiger partial charge in [-0.1, -0.05) is 0 Å². The number of esters is 1. The summed E-state index contributed by atoms with van der Waals surface area (Å²) in [6.07, 6.45) is 1.64. The van der Waals surface area contributed by atoms with Crippen LogP contribution in [0.4, 0.5) is 0 Å². The van der Waals surface area contributed by atoms with Crippen LogP contribution in [0.2, 0.25) is 0 Å². The number of amides is 1.